The topological polar surface area (TPSA) is 56.7 Å². The fourth-order valence-corrected chi connectivity index (χ4v) is 2.65. The summed E-state index contributed by atoms with van der Waals surface area (Å²) in [6.07, 6.45) is 6.33. The number of pyridine rings is 1. The molecule has 2 heterocycles. The van der Waals surface area contributed by atoms with E-state index in [-0.39, 0.29) is 0 Å². The Morgan fingerprint density at radius 1 is 1.32 bits per heavy atom. The monoisotopic (exact) mass is 260 g/mol. The van der Waals surface area contributed by atoms with E-state index in [0.29, 0.717) is 5.92 Å². The number of nitrogens with two attached hydrogens (primary N) is 1. The van der Waals surface area contributed by atoms with E-state index in [1.165, 1.54) is 6.42 Å². The maximum absolute atomic E-state index is 5.66. The number of hydrogen-bond acceptors (Lipinski definition) is 3. The summed E-state index contributed by atoms with van der Waals surface area (Å²) in [5.41, 5.74) is 7.67. The first kappa shape index (κ1) is 14.0. The van der Waals surface area contributed by atoms with Crippen molar-refractivity contribution in [1.29, 1.82) is 0 Å². The summed E-state index contributed by atoms with van der Waals surface area (Å²) in [7, 11) is 0. The minimum absolute atomic E-state index is 0.711. The quantitative estimate of drug-likeness (QED) is 0.832. The number of aromatic nitrogens is 3. The van der Waals surface area contributed by atoms with Gasteiger partial charge in [0.1, 0.15) is 11.3 Å². The maximum Gasteiger partial charge on any atom is 0.159 e. The number of hydrogen-bond donors (Lipinski definition) is 1. The molecule has 0 aromatic carbocycles. The molecule has 2 N–H and O–H groups in total. The molecule has 0 aliphatic rings. The molecule has 0 aliphatic carbocycles. The predicted octanol–water partition coefficient (Wildman–Crippen LogP) is 2.76. The van der Waals surface area contributed by atoms with Gasteiger partial charge in [0.15, 0.2) is 5.65 Å². The average molecular weight is 260 g/mol. The van der Waals surface area contributed by atoms with Gasteiger partial charge in [-0.15, -0.1) is 0 Å². The lowest BCUT2D eigenvalue weighted by Crippen LogP contribution is -2.11. The summed E-state index contributed by atoms with van der Waals surface area (Å²) >= 11 is 0. The van der Waals surface area contributed by atoms with Gasteiger partial charge in [-0.1, -0.05) is 13.3 Å². The fourth-order valence-electron chi connectivity index (χ4n) is 2.65. The summed E-state index contributed by atoms with van der Waals surface area (Å²) in [4.78, 5) is 9.16. The lowest BCUT2D eigenvalue weighted by molar-refractivity contribution is 0.435. The first-order valence-corrected chi connectivity index (χ1v) is 7.30. The molecule has 19 heavy (non-hydrogen) atoms. The second kappa shape index (κ2) is 6.66. The van der Waals surface area contributed by atoms with Gasteiger partial charge in [0.05, 0.1) is 0 Å². The standard InChI is InChI=1S/C15H24N4/c1-3-12(9-10-16)7-8-14-18-13-6-5-11-17-15(13)19(14)4-2/h5-6,11-12H,3-4,7-10,16H2,1-2H3. The number of imidazole rings is 1. The van der Waals surface area contributed by atoms with Gasteiger partial charge in [-0.25, -0.2) is 9.97 Å². The normalized spacial score (nSPS) is 13.0. The van der Waals surface area contributed by atoms with Gasteiger partial charge in [0, 0.05) is 19.2 Å². The Bertz CT molecular complexity index is 518. The van der Waals surface area contributed by atoms with E-state index in [2.05, 4.69) is 23.4 Å². The molecule has 104 valence electrons. The molecule has 1 unspecified atom stereocenters. The SMILES string of the molecule is CCC(CCN)CCc1nc2cccnc2n1CC. The molecule has 0 spiro atoms. The molecule has 0 saturated heterocycles. The highest BCUT2D eigenvalue weighted by molar-refractivity contribution is 5.71. The van der Waals surface area contributed by atoms with Gasteiger partial charge in [-0.2, -0.15) is 0 Å². The second-order valence-corrected chi connectivity index (χ2v) is 5.01. The van der Waals surface area contributed by atoms with Crippen LogP contribution in [0.4, 0.5) is 0 Å². The van der Waals surface area contributed by atoms with Crippen LogP contribution in [0.5, 0.6) is 0 Å². The first-order chi connectivity index (χ1) is 9.30. The number of rotatable bonds is 7. The summed E-state index contributed by atoms with van der Waals surface area (Å²) in [6, 6.07) is 3.98. The summed E-state index contributed by atoms with van der Waals surface area (Å²) in [5, 5.41) is 0. The largest absolute Gasteiger partial charge is 0.330 e. The van der Waals surface area contributed by atoms with Crippen LogP contribution in [0.15, 0.2) is 18.3 Å². The minimum atomic E-state index is 0.711. The van der Waals surface area contributed by atoms with Crippen LogP contribution >= 0.6 is 0 Å². The molecule has 1 atom stereocenters. The third kappa shape index (κ3) is 3.13. The molecule has 0 amide bonds. The number of aryl methyl sites for hydroxylation is 2. The van der Waals surface area contributed by atoms with Crippen molar-refractivity contribution < 1.29 is 0 Å². The zero-order valence-corrected chi connectivity index (χ0v) is 12.0. The molecule has 2 aromatic rings. The first-order valence-electron chi connectivity index (χ1n) is 7.30. The molecule has 4 nitrogen and oxygen atoms in total. The Balaban J connectivity index is 2.15. The predicted molar refractivity (Wildman–Crippen MR) is 79.0 cm³/mol. The van der Waals surface area contributed by atoms with Gasteiger partial charge >= 0.3 is 0 Å². The van der Waals surface area contributed by atoms with Crippen molar-refractivity contribution in [3.05, 3.63) is 24.2 Å². The maximum atomic E-state index is 5.66. The van der Waals surface area contributed by atoms with Crippen LogP contribution in [0.2, 0.25) is 0 Å². The van der Waals surface area contributed by atoms with Crippen molar-refractivity contribution in [2.24, 2.45) is 11.7 Å². The summed E-state index contributed by atoms with van der Waals surface area (Å²) in [6.45, 7) is 6.10. The smallest absolute Gasteiger partial charge is 0.159 e. The Kier molecular flexibility index (Phi) is 4.91. The minimum Gasteiger partial charge on any atom is -0.330 e. The molecule has 0 fully saturated rings. The highest BCUT2D eigenvalue weighted by Gasteiger charge is 2.12. The van der Waals surface area contributed by atoms with E-state index in [0.717, 1.165) is 49.3 Å². The van der Waals surface area contributed by atoms with Crippen LogP contribution in [0, 0.1) is 5.92 Å². The molecule has 0 aliphatic heterocycles. The molecule has 4 heteroatoms. The Labute approximate surface area is 115 Å². The molecule has 2 rings (SSSR count). The van der Waals surface area contributed by atoms with Crippen molar-refractivity contribution in [3.8, 4) is 0 Å². The van der Waals surface area contributed by atoms with Crippen LogP contribution in [0.25, 0.3) is 11.2 Å². The van der Waals surface area contributed by atoms with Gasteiger partial charge in [0.2, 0.25) is 0 Å². The zero-order chi connectivity index (χ0) is 13.7. The van der Waals surface area contributed by atoms with Gasteiger partial charge in [-0.3, -0.25) is 0 Å². The van der Waals surface area contributed by atoms with Gasteiger partial charge in [-0.05, 0) is 44.4 Å². The molecular weight excluding hydrogens is 236 g/mol. The van der Waals surface area contributed by atoms with E-state index < -0.39 is 0 Å². The third-order valence-corrected chi connectivity index (χ3v) is 3.83. The van der Waals surface area contributed by atoms with Crippen molar-refractivity contribution in [2.45, 2.75) is 46.1 Å². The van der Waals surface area contributed by atoms with Crippen LogP contribution in [0.1, 0.15) is 38.9 Å². The van der Waals surface area contributed by atoms with Crippen LogP contribution in [-0.2, 0) is 13.0 Å². The van der Waals surface area contributed by atoms with E-state index in [4.69, 9.17) is 10.7 Å². The van der Waals surface area contributed by atoms with Crippen molar-refractivity contribution in [2.75, 3.05) is 6.54 Å². The van der Waals surface area contributed by atoms with E-state index in [1.54, 1.807) is 0 Å². The number of nitrogens with zero attached hydrogens (tertiary/aromatic N) is 3. The van der Waals surface area contributed by atoms with Gasteiger partial charge < -0.3 is 10.3 Å². The Morgan fingerprint density at radius 2 is 2.16 bits per heavy atom. The lowest BCUT2D eigenvalue weighted by atomic mass is 9.96. The van der Waals surface area contributed by atoms with E-state index in [1.807, 2.05) is 18.3 Å². The average Bonchev–Trinajstić information content (AvgIpc) is 2.80. The van der Waals surface area contributed by atoms with Crippen LogP contribution in [-0.4, -0.2) is 21.1 Å². The van der Waals surface area contributed by atoms with Crippen LogP contribution in [0.3, 0.4) is 0 Å². The van der Waals surface area contributed by atoms with E-state index >= 15 is 0 Å². The summed E-state index contributed by atoms with van der Waals surface area (Å²) in [5.74, 6) is 1.87. The zero-order valence-electron chi connectivity index (χ0n) is 12.0. The second-order valence-electron chi connectivity index (χ2n) is 5.01. The molecule has 0 saturated carbocycles. The van der Waals surface area contributed by atoms with Crippen molar-refractivity contribution >= 4 is 11.2 Å². The molecule has 2 aromatic heterocycles. The van der Waals surface area contributed by atoms with Gasteiger partial charge in [0.25, 0.3) is 0 Å². The highest BCUT2D eigenvalue weighted by atomic mass is 15.1. The van der Waals surface area contributed by atoms with Crippen molar-refractivity contribution in [3.63, 3.8) is 0 Å². The fraction of sp³-hybridized carbons (Fsp3) is 0.600. The molecular formula is C15H24N4. The molecule has 0 bridgehead atoms. The third-order valence-electron chi connectivity index (χ3n) is 3.83. The number of fused-ring (bicyclic) bond motifs is 1. The van der Waals surface area contributed by atoms with Crippen molar-refractivity contribution in [1.82, 2.24) is 14.5 Å². The summed E-state index contributed by atoms with van der Waals surface area (Å²) < 4.78 is 2.23. The molecule has 0 radical (unpaired) electrons. The highest BCUT2D eigenvalue weighted by Crippen LogP contribution is 2.19. The van der Waals surface area contributed by atoms with Crippen LogP contribution < -0.4 is 5.73 Å². The lowest BCUT2D eigenvalue weighted by Gasteiger charge is -2.13. The Morgan fingerprint density at radius 3 is 2.84 bits per heavy atom. The van der Waals surface area contributed by atoms with E-state index in [9.17, 15) is 0 Å². The Hall–Kier alpha value is -1.42.